The maximum atomic E-state index is 12.1. The van der Waals surface area contributed by atoms with Gasteiger partial charge in [0.15, 0.2) is 0 Å². The van der Waals surface area contributed by atoms with Gasteiger partial charge in [0.1, 0.15) is 5.82 Å². The van der Waals surface area contributed by atoms with Gasteiger partial charge in [-0.05, 0) is 23.8 Å². The summed E-state index contributed by atoms with van der Waals surface area (Å²) in [6.07, 6.45) is 3.85. The maximum absolute atomic E-state index is 12.1. The van der Waals surface area contributed by atoms with Crippen LogP contribution in [0.4, 0.5) is 5.69 Å². The molecule has 3 rings (SSSR count). The molecule has 0 radical (unpaired) electrons. The van der Waals surface area contributed by atoms with Gasteiger partial charge in [-0.15, -0.1) is 0 Å². The number of rotatable bonds is 3. The van der Waals surface area contributed by atoms with Crippen molar-refractivity contribution in [3.63, 3.8) is 0 Å². The first-order chi connectivity index (χ1) is 10.8. The number of fused-ring (bicyclic) bond motifs is 1. The summed E-state index contributed by atoms with van der Waals surface area (Å²) in [5.41, 5.74) is 3.44. The molecule has 1 amide bonds. The molecule has 0 aliphatic rings. The molecule has 120 valence electrons. The maximum Gasteiger partial charge on any atom is 0.228 e. The molecule has 6 nitrogen and oxygen atoms in total. The Balaban J connectivity index is 1.76. The number of H-pyrrole nitrogens is 1. The van der Waals surface area contributed by atoms with Crippen LogP contribution in [0.15, 0.2) is 30.6 Å². The topological polar surface area (TPSA) is 75.6 Å². The van der Waals surface area contributed by atoms with E-state index in [1.54, 1.807) is 10.9 Å². The van der Waals surface area contributed by atoms with E-state index < -0.39 is 0 Å². The van der Waals surface area contributed by atoms with Crippen LogP contribution in [0.1, 0.15) is 32.2 Å². The van der Waals surface area contributed by atoms with E-state index in [0.29, 0.717) is 6.42 Å². The molecule has 0 saturated heterocycles. The summed E-state index contributed by atoms with van der Waals surface area (Å²) in [7, 11) is 1.83. The highest BCUT2D eigenvalue weighted by atomic mass is 16.1. The zero-order valence-corrected chi connectivity index (χ0v) is 13.8. The van der Waals surface area contributed by atoms with Crippen LogP contribution in [-0.2, 0) is 23.7 Å². The summed E-state index contributed by atoms with van der Waals surface area (Å²) >= 11 is 0. The molecule has 0 atom stereocenters. The number of amides is 1. The minimum absolute atomic E-state index is 0.0389. The van der Waals surface area contributed by atoms with Crippen LogP contribution in [0.25, 0.3) is 11.0 Å². The van der Waals surface area contributed by atoms with Crippen LogP contribution in [0.2, 0.25) is 0 Å². The Kier molecular flexibility index (Phi) is 3.67. The summed E-state index contributed by atoms with van der Waals surface area (Å²) in [6, 6.07) is 5.70. The van der Waals surface area contributed by atoms with Crippen molar-refractivity contribution in [2.24, 2.45) is 7.05 Å². The molecule has 0 fully saturated rings. The Morgan fingerprint density at radius 2 is 2.13 bits per heavy atom. The van der Waals surface area contributed by atoms with Crippen LogP contribution >= 0.6 is 0 Å². The number of carbonyl (C=O) groups is 1. The Hall–Kier alpha value is -2.63. The zero-order valence-electron chi connectivity index (χ0n) is 13.8. The fraction of sp³-hybridized carbons (Fsp3) is 0.353. The fourth-order valence-corrected chi connectivity index (χ4v) is 2.40. The van der Waals surface area contributed by atoms with E-state index in [2.05, 4.69) is 41.2 Å². The van der Waals surface area contributed by atoms with E-state index >= 15 is 0 Å². The number of anilines is 1. The van der Waals surface area contributed by atoms with Gasteiger partial charge in [-0.25, -0.2) is 4.98 Å². The van der Waals surface area contributed by atoms with Crippen LogP contribution < -0.4 is 5.32 Å². The molecular weight excluding hydrogens is 290 g/mol. The lowest BCUT2D eigenvalue weighted by Crippen LogP contribution is -2.14. The number of aryl methyl sites for hydroxylation is 1. The number of hydrogen-bond acceptors (Lipinski definition) is 3. The molecular formula is C17H21N5O. The van der Waals surface area contributed by atoms with Crippen LogP contribution in [-0.4, -0.2) is 25.7 Å². The Bertz CT molecular complexity index is 853. The van der Waals surface area contributed by atoms with E-state index in [9.17, 15) is 4.79 Å². The van der Waals surface area contributed by atoms with Crippen molar-refractivity contribution in [2.45, 2.75) is 32.6 Å². The average Bonchev–Trinajstić information content (AvgIpc) is 3.04. The van der Waals surface area contributed by atoms with E-state index in [1.165, 1.54) is 0 Å². The third-order valence-electron chi connectivity index (χ3n) is 3.60. The van der Waals surface area contributed by atoms with Crippen molar-refractivity contribution in [2.75, 3.05) is 5.32 Å². The second kappa shape index (κ2) is 5.53. The lowest BCUT2D eigenvalue weighted by molar-refractivity contribution is -0.115. The quantitative estimate of drug-likeness (QED) is 0.781. The summed E-state index contributed by atoms with van der Waals surface area (Å²) < 4.78 is 1.69. The van der Waals surface area contributed by atoms with Gasteiger partial charge in [0.05, 0.1) is 23.7 Å². The first kappa shape index (κ1) is 15.3. The third-order valence-corrected chi connectivity index (χ3v) is 3.60. The van der Waals surface area contributed by atoms with Crippen molar-refractivity contribution in [1.82, 2.24) is 19.7 Å². The Labute approximate surface area is 134 Å². The van der Waals surface area contributed by atoms with Crippen molar-refractivity contribution in [3.8, 4) is 0 Å². The lowest BCUT2D eigenvalue weighted by atomic mass is 9.96. The highest BCUT2D eigenvalue weighted by molar-refractivity contribution is 5.94. The fourth-order valence-electron chi connectivity index (χ4n) is 2.40. The van der Waals surface area contributed by atoms with Crippen molar-refractivity contribution >= 4 is 22.6 Å². The largest absolute Gasteiger partial charge is 0.341 e. The molecule has 0 bridgehead atoms. The zero-order chi connectivity index (χ0) is 16.6. The Morgan fingerprint density at radius 1 is 1.35 bits per heavy atom. The normalized spacial score (nSPS) is 11.8. The van der Waals surface area contributed by atoms with E-state index in [-0.39, 0.29) is 11.3 Å². The van der Waals surface area contributed by atoms with Gasteiger partial charge in [-0.2, -0.15) is 5.10 Å². The molecule has 2 aromatic heterocycles. The first-order valence-electron chi connectivity index (χ1n) is 7.59. The number of nitrogens with one attached hydrogen (secondary N) is 2. The van der Waals surface area contributed by atoms with Gasteiger partial charge < -0.3 is 10.3 Å². The molecule has 2 N–H and O–H groups in total. The summed E-state index contributed by atoms with van der Waals surface area (Å²) in [5.74, 6) is 0.874. The van der Waals surface area contributed by atoms with Gasteiger partial charge in [0, 0.05) is 24.3 Å². The highest BCUT2D eigenvalue weighted by Crippen LogP contribution is 2.24. The van der Waals surface area contributed by atoms with Gasteiger partial charge in [0.25, 0.3) is 0 Å². The van der Waals surface area contributed by atoms with Gasteiger partial charge in [-0.3, -0.25) is 9.48 Å². The number of aromatic nitrogens is 4. The molecule has 3 aromatic rings. The number of imidazole rings is 1. The lowest BCUT2D eigenvalue weighted by Gasteiger charge is -2.13. The second-order valence-corrected chi connectivity index (χ2v) is 6.81. The molecule has 6 heteroatoms. The number of aromatic amines is 1. The number of benzene rings is 1. The van der Waals surface area contributed by atoms with Crippen LogP contribution in [0.3, 0.4) is 0 Å². The number of carbonyl (C=O) groups excluding carboxylic acids is 1. The number of nitrogens with zero attached hydrogens (tertiary/aromatic N) is 3. The molecule has 0 aliphatic carbocycles. The standard InChI is InChI=1S/C17H21N5O/c1-17(2,3)16-20-13-6-5-12(8-14(13)21-16)19-15(23)7-11-9-18-22(4)10-11/h5-6,8-10H,7H2,1-4H3,(H,19,23)(H,20,21). The summed E-state index contributed by atoms with van der Waals surface area (Å²) in [6.45, 7) is 6.34. The molecule has 0 aliphatic heterocycles. The molecule has 23 heavy (non-hydrogen) atoms. The predicted molar refractivity (Wildman–Crippen MR) is 90.3 cm³/mol. The SMILES string of the molecule is Cn1cc(CC(=O)Nc2ccc3nc(C(C)(C)C)[nH]c3c2)cn1. The van der Waals surface area contributed by atoms with Gasteiger partial charge >= 0.3 is 0 Å². The molecule has 0 spiro atoms. The molecule has 2 heterocycles. The van der Waals surface area contributed by atoms with E-state index in [4.69, 9.17) is 0 Å². The monoisotopic (exact) mass is 311 g/mol. The molecule has 1 aromatic carbocycles. The molecule has 0 saturated carbocycles. The minimum Gasteiger partial charge on any atom is -0.341 e. The predicted octanol–water partition coefficient (Wildman–Crippen LogP) is 2.78. The second-order valence-electron chi connectivity index (χ2n) is 6.81. The minimum atomic E-state index is -0.0621. The van der Waals surface area contributed by atoms with Crippen LogP contribution in [0.5, 0.6) is 0 Å². The van der Waals surface area contributed by atoms with Crippen LogP contribution in [0, 0.1) is 0 Å². The van der Waals surface area contributed by atoms with E-state index in [1.807, 2.05) is 31.4 Å². The van der Waals surface area contributed by atoms with Crippen molar-refractivity contribution in [1.29, 1.82) is 0 Å². The summed E-state index contributed by atoms with van der Waals surface area (Å²) in [4.78, 5) is 20.0. The van der Waals surface area contributed by atoms with Gasteiger partial charge in [0.2, 0.25) is 5.91 Å². The molecule has 0 unspecified atom stereocenters. The Morgan fingerprint density at radius 3 is 2.78 bits per heavy atom. The first-order valence-corrected chi connectivity index (χ1v) is 7.59. The number of hydrogen-bond donors (Lipinski definition) is 2. The van der Waals surface area contributed by atoms with Crippen molar-refractivity contribution < 1.29 is 4.79 Å². The highest BCUT2D eigenvalue weighted by Gasteiger charge is 2.18. The summed E-state index contributed by atoms with van der Waals surface area (Å²) in [5, 5.41) is 6.98. The van der Waals surface area contributed by atoms with Gasteiger partial charge in [-0.1, -0.05) is 20.8 Å². The smallest absolute Gasteiger partial charge is 0.228 e. The average molecular weight is 311 g/mol. The third kappa shape index (κ3) is 3.41. The van der Waals surface area contributed by atoms with E-state index in [0.717, 1.165) is 28.1 Å². The van der Waals surface area contributed by atoms with Crippen molar-refractivity contribution in [3.05, 3.63) is 42.0 Å².